The summed E-state index contributed by atoms with van der Waals surface area (Å²) in [5.74, 6) is 0. The first kappa shape index (κ1) is 16.6. The Labute approximate surface area is 96.5 Å². The van der Waals surface area contributed by atoms with Crippen LogP contribution in [0.5, 0.6) is 0 Å². The van der Waals surface area contributed by atoms with Crippen molar-refractivity contribution in [1.29, 1.82) is 0 Å². The van der Waals surface area contributed by atoms with Crippen molar-refractivity contribution in [2.45, 2.75) is 0 Å². The first-order valence-corrected chi connectivity index (χ1v) is 2.69. The average Bonchev–Trinajstić information content (AvgIpc) is 1.25. The summed E-state index contributed by atoms with van der Waals surface area (Å²) in [6, 6.07) is 0. The SMILES string of the molecule is O=[Si](O)O.OB(O)F.[H-].[K+]. The van der Waals surface area contributed by atoms with E-state index in [0.717, 1.165) is 0 Å². The van der Waals surface area contributed by atoms with E-state index in [-0.39, 0.29) is 52.8 Å². The molecule has 0 bridgehead atoms. The van der Waals surface area contributed by atoms with Crippen LogP contribution in [0.1, 0.15) is 1.43 Å². The first-order valence-electron chi connectivity index (χ1n) is 1.39. The monoisotopic (exact) mass is 182 g/mol. The summed E-state index contributed by atoms with van der Waals surface area (Å²) in [4.78, 5) is 14.3. The fourth-order valence-corrected chi connectivity index (χ4v) is 0. The first-order chi connectivity index (χ1) is 3.46. The second kappa shape index (κ2) is 11.9. The summed E-state index contributed by atoms with van der Waals surface area (Å²) in [6.45, 7) is 0. The molecule has 9 heavy (non-hydrogen) atoms. The van der Waals surface area contributed by atoms with Gasteiger partial charge in [-0.25, -0.2) is 0 Å². The van der Waals surface area contributed by atoms with Crippen molar-refractivity contribution in [2.75, 3.05) is 0 Å². The fourth-order valence-electron chi connectivity index (χ4n) is 0. The van der Waals surface area contributed by atoms with E-state index in [2.05, 4.69) is 0 Å². The predicted molar refractivity (Wildman–Crippen MR) is 23.3 cm³/mol. The van der Waals surface area contributed by atoms with Gasteiger partial charge in [-0.15, -0.1) is 0 Å². The number of halogens is 1. The van der Waals surface area contributed by atoms with Gasteiger partial charge in [0.1, 0.15) is 0 Å². The summed E-state index contributed by atoms with van der Waals surface area (Å²) in [7, 11) is -5.80. The normalized spacial score (nSPS) is 5.67. The topological polar surface area (TPSA) is 98.0 Å². The third-order valence-corrected chi connectivity index (χ3v) is 0. The minimum absolute atomic E-state index is 0. The molecular formula is H5BFKO5Si. The standard InChI is InChI=1S/BFH2O2.K.H2O3Si.H/c2-1(3)4;;1-4(2)3;/h3-4H;;1-2H;/q;+1;;-1. The molecule has 0 fully saturated rings. The summed E-state index contributed by atoms with van der Waals surface area (Å²) < 4.78 is 18.9. The number of hydrogen-bond donors (Lipinski definition) is 4. The Kier molecular flexibility index (Phi) is 22.0. The van der Waals surface area contributed by atoms with E-state index >= 15 is 0 Å². The molecule has 4 N–H and O–H groups in total. The van der Waals surface area contributed by atoms with Gasteiger partial charge in [0, 0.05) is 0 Å². The second-order valence-corrected chi connectivity index (χ2v) is 1.16. The molecule has 0 saturated heterocycles. The molecule has 50 valence electrons. The maximum Gasteiger partial charge on any atom is 1.00 e. The van der Waals surface area contributed by atoms with E-state index in [0.29, 0.717) is 0 Å². The Morgan fingerprint density at radius 1 is 1.44 bits per heavy atom. The summed E-state index contributed by atoms with van der Waals surface area (Å²) in [6.07, 6.45) is 0. The largest absolute Gasteiger partial charge is 1.00 e. The van der Waals surface area contributed by atoms with E-state index in [4.69, 9.17) is 24.1 Å². The van der Waals surface area contributed by atoms with Gasteiger partial charge in [0.25, 0.3) is 0 Å². The summed E-state index contributed by atoms with van der Waals surface area (Å²) >= 11 is 0. The van der Waals surface area contributed by atoms with Gasteiger partial charge in [-0.3, -0.25) is 8.78 Å². The Hall–Kier alpha value is 1.17. The van der Waals surface area contributed by atoms with Gasteiger partial charge < -0.3 is 21.1 Å². The van der Waals surface area contributed by atoms with Gasteiger partial charge in [0.15, 0.2) is 0 Å². The summed E-state index contributed by atoms with van der Waals surface area (Å²) in [5, 5.41) is 13.9. The van der Waals surface area contributed by atoms with Crippen LogP contribution in [0.4, 0.5) is 4.32 Å². The minimum Gasteiger partial charge on any atom is -1.00 e. The van der Waals surface area contributed by atoms with Crippen LogP contribution in [0.15, 0.2) is 0 Å². The van der Waals surface area contributed by atoms with Crippen molar-refractivity contribution in [3.63, 3.8) is 0 Å². The molecule has 0 aliphatic heterocycles. The molecule has 0 aromatic carbocycles. The van der Waals surface area contributed by atoms with Crippen molar-refractivity contribution >= 4 is 16.6 Å². The molecule has 0 saturated carbocycles. The number of hydrogen-bond acceptors (Lipinski definition) is 3. The van der Waals surface area contributed by atoms with Gasteiger partial charge in [-0.2, -0.15) is 0 Å². The van der Waals surface area contributed by atoms with Crippen LogP contribution < -0.4 is 51.4 Å². The molecule has 0 aliphatic rings. The zero-order chi connectivity index (χ0) is 7.15. The molecule has 0 unspecified atom stereocenters. The van der Waals surface area contributed by atoms with Gasteiger partial charge in [0.2, 0.25) is 0 Å². The summed E-state index contributed by atoms with van der Waals surface area (Å²) in [5.41, 5.74) is 0. The number of rotatable bonds is 0. The Morgan fingerprint density at radius 2 is 1.44 bits per heavy atom. The molecule has 0 aliphatic carbocycles. The zero-order valence-electron chi connectivity index (χ0n) is 5.65. The van der Waals surface area contributed by atoms with Crippen LogP contribution >= 0.6 is 0 Å². The smallest absolute Gasteiger partial charge is 1.00 e. The average molecular weight is 182 g/mol. The van der Waals surface area contributed by atoms with Gasteiger partial charge in [0.05, 0.1) is 0 Å². The van der Waals surface area contributed by atoms with E-state index in [1.54, 1.807) is 0 Å². The van der Waals surface area contributed by atoms with Crippen molar-refractivity contribution in [2.24, 2.45) is 0 Å². The molecule has 0 radical (unpaired) electrons. The van der Waals surface area contributed by atoms with E-state index < -0.39 is 16.6 Å². The quantitative estimate of drug-likeness (QED) is 0.280. The van der Waals surface area contributed by atoms with Gasteiger partial charge in [-0.05, 0) is 0 Å². The van der Waals surface area contributed by atoms with Gasteiger partial charge in [-0.1, -0.05) is 0 Å². The molecule has 0 aromatic heterocycles. The Bertz CT molecular complexity index is 65.9. The van der Waals surface area contributed by atoms with Crippen LogP contribution in [0, 0.1) is 0 Å². The van der Waals surface area contributed by atoms with Crippen molar-refractivity contribution in [3.8, 4) is 0 Å². The van der Waals surface area contributed by atoms with Crippen LogP contribution in [-0.2, 0) is 4.46 Å². The second-order valence-electron chi connectivity index (χ2n) is 0.593. The Balaban J connectivity index is -0.0000000300. The minimum atomic E-state index is -3.13. The van der Waals surface area contributed by atoms with Crippen LogP contribution in [0.25, 0.3) is 0 Å². The Morgan fingerprint density at radius 3 is 1.44 bits per heavy atom. The molecule has 0 heterocycles. The molecular weight excluding hydrogens is 177 g/mol. The molecule has 0 atom stereocenters. The fraction of sp³-hybridized carbons (Fsp3) is 0. The maximum absolute atomic E-state index is 10.1. The molecule has 0 amide bonds. The van der Waals surface area contributed by atoms with Crippen molar-refractivity contribution < 1.29 is 81.2 Å². The molecule has 0 aromatic rings. The van der Waals surface area contributed by atoms with E-state index in [1.807, 2.05) is 0 Å². The van der Waals surface area contributed by atoms with E-state index in [1.165, 1.54) is 0 Å². The predicted octanol–water partition coefficient (Wildman–Crippen LogP) is -5.57. The van der Waals surface area contributed by atoms with E-state index in [9.17, 15) is 4.32 Å². The third-order valence-electron chi connectivity index (χ3n) is 0. The molecule has 5 nitrogen and oxygen atoms in total. The molecule has 9 heteroatoms. The van der Waals surface area contributed by atoms with Crippen molar-refractivity contribution in [1.82, 2.24) is 0 Å². The van der Waals surface area contributed by atoms with Crippen LogP contribution in [-0.4, -0.2) is 36.2 Å². The third kappa shape index (κ3) is 345. The van der Waals surface area contributed by atoms with Crippen LogP contribution in [0.3, 0.4) is 0 Å². The zero-order valence-corrected chi connectivity index (χ0v) is 8.78. The van der Waals surface area contributed by atoms with Gasteiger partial charge >= 0.3 is 68.0 Å². The molecule has 0 rings (SSSR count). The maximum atomic E-state index is 10.1. The van der Waals surface area contributed by atoms with Crippen LogP contribution in [0.2, 0.25) is 0 Å². The molecule has 0 spiro atoms. The van der Waals surface area contributed by atoms with Crippen molar-refractivity contribution in [3.05, 3.63) is 0 Å².